The summed E-state index contributed by atoms with van der Waals surface area (Å²) in [5.41, 5.74) is 5.24. The van der Waals surface area contributed by atoms with Crippen molar-refractivity contribution in [3.63, 3.8) is 0 Å². The van der Waals surface area contributed by atoms with Crippen molar-refractivity contribution in [2.24, 2.45) is 0 Å². The lowest BCUT2D eigenvalue weighted by molar-refractivity contribution is 0.0746. The molecular formula is C25H19Cl2N3O. The Hall–Kier alpha value is -3.08. The van der Waals surface area contributed by atoms with Crippen molar-refractivity contribution in [1.29, 1.82) is 0 Å². The first-order valence-corrected chi connectivity index (χ1v) is 10.8. The summed E-state index contributed by atoms with van der Waals surface area (Å²) in [6, 6.07) is 25.3. The molecule has 0 aliphatic carbocycles. The number of aromatic nitrogens is 2. The zero-order valence-electron chi connectivity index (χ0n) is 16.6. The summed E-state index contributed by atoms with van der Waals surface area (Å²) in [5, 5.41) is 8.44. The summed E-state index contributed by atoms with van der Waals surface area (Å²) >= 11 is 12.5. The Morgan fingerprint density at radius 3 is 2.32 bits per heavy atom. The van der Waals surface area contributed by atoms with Crippen molar-refractivity contribution in [2.45, 2.75) is 12.5 Å². The number of H-pyrrole nitrogens is 1. The molecule has 1 N–H and O–H groups in total. The van der Waals surface area contributed by atoms with Gasteiger partial charge in [0.15, 0.2) is 0 Å². The maximum absolute atomic E-state index is 13.4. The maximum atomic E-state index is 13.4. The van der Waals surface area contributed by atoms with Crippen LogP contribution >= 0.6 is 23.2 Å². The first kappa shape index (κ1) is 19.9. The van der Waals surface area contributed by atoms with Gasteiger partial charge >= 0.3 is 0 Å². The maximum Gasteiger partial charge on any atom is 0.273 e. The van der Waals surface area contributed by atoms with Crippen LogP contribution in [0.25, 0.3) is 11.3 Å². The molecule has 0 radical (unpaired) electrons. The molecule has 5 rings (SSSR count). The summed E-state index contributed by atoms with van der Waals surface area (Å²) in [4.78, 5) is 15.3. The molecule has 31 heavy (non-hydrogen) atoms. The molecule has 4 aromatic rings. The normalized spacial score (nSPS) is 15.4. The second-order valence-corrected chi connectivity index (χ2v) is 8.35. The highest BCUT2D eigenvalue weighted by atomic mass is 35.5. The molecule has 1 aliphatic heterocycles. The Morgan fingerprint density at radius 1 is 0.903 bits per heavy atom. The highest BCUT2D eigenvalue weighted by Gasteiger charge is 2.42. The second-order valence-electron chi connectivity index (χ2n) is 7.54. The van der Waals surface area contributed by atoms with Gasteiger partial charge in [-0.2, -0.15) is 5.10 Å². The number of aromatic amines is 1. The van der Waals surface area contributed by atoms with E-state index in [9.17, 15) is 4.79 Å². The fourth-order valence-electron chi connectivity index (χ4n) is 4.17. The molecule has 0 saturated carbocycles. The quantitative estimate of drug-likeness (QED) is 0.397. The van der Waals surface area contributed by atoms with Crippen LogP contribution in [0.15, 0.2) is 78.9 Å². The number of amides is 1. The van der Waals surface area contributed by atoms with Crippen LogP contribution in [-0.2, 0) is 6.42 Å². The summed E-state index contributed by atoms with van der Waals surface area (Å²) < 4.78 is 0. The van der Waals surface area contributed by atoms with Crippen LogP contribution in [0.3, 0.4) is 0 Å². The lowest BCUT2D eigenvalue weighted by Crippen LogP contribution is -2.31. The Balaban J connectivity index is 1.60. The predicted octanol–water partition coefficient (Wildman–Crippen LogP) is 6.17. The lowest BCUT2D eigenvalue weighted by Gasteiger charge is -2.26. The molecular weight excluding hydrogens is 429 g/mol. The number of hydrogen-bond acceptors (Lipinski definition) is 2. The second kappa shape index (κ2) is 8.22. The molecule has 6 heteroatoms. The van der Waals surface area contributed by atoms with E-state index in [1.165, 1.54) is 5.56 Å². The van der Waals surface area contributed by atoms with E-state index in [1.54, 1.807) is 6.07 Å². The summed E-state index contributed by atoms with van der Waals surface area (Å²) in [7, 11) is 0. The molecule has 1 aliphatic rings. The van der Waals surface area contributed by atoms with Gasteiger partial charge in [0.2, 0.25) is 0 Å². The minimum Gasteiger partial charge on any atom is -0.326 e. The van der Waals surface area contributed by atoms with E-state index in [2.05, 4.69) is 22.3 Å². The van der Waals surface area contributed by atoms with Gasteiger partial charge in [-0.1, -0.05) is 89.9 Å². The van der Waals surface area contributed by atoms with Gasteiger partial charge in [0.25, 0.3) is 5.91 Å². The van der Waals surface area contributed by atoms with Crippen molar-refractivity contribution < 1.29 is 4.79 Å². The number of carbonyl (C=O) groups is 1. The number of nitrogens with zero attached hydrogens (tertiary/aromatic N) is 2. The van der Waals surface area contributed by atoms with Gasteiger partial charge in [0, 0.05) is 17.7 Å². The average molecular weight is 448 g/mol. The number of rotatable bonds is 5. The lowest BCUT2D eigenvalue weighted by atomic mass is 9.96. The van der Waals surface area contributed by atoms with Gasteiger partial charge in [0.05, 0.1) is 21.8 Å². The average Bonchev–Trinajstić information content (AvgIpc) is 3.34. The number of carbonyl (C=O) groups excluding carboxylic acids is 1. The molecule has 1 atom stereocenters. The van der Waals surface area contributed by atoms with E-state index in [0.29, 0.717) is 22.3 Å². The Kier molecular flexibility index (Phi) is 5.26. The van der Waals surface area contributed by atoms with E-state index in [4.69, 9.17) is 23.2 Å². The topological polar surface area (TPSA) is 49.0 Å². The van der Waals surface area contributed by atoms with Gasteiger partial charge in [-0.05, 0) is 29.7 Å². The van der Waals surface area contributed by atoms with Gasteiger partial charge < -0.3 is 4.90 Å². The molecule has 2 heterocycles. The zero-order chi connectivity index (χ0) is 21.4. The molecule has 0 bridgehead atoms. The van der Waals surface area contributed by atoms with E-state index in [0.717, 1.165) is 28.8 Å². The fraction of sp³-hybridized carbons (Fsp3) is 0.120. The monoisotopic (exact) mass is 447 g/mol. The van der Waals surface area contributed by atoms with Crippen molar-refractivity contribution in [3.8, 4) is 11.3 Å². The number of halogens is 2. The highest BCUT2D eigenvalue weighted by Crippen LogP contribution is 2.43. The van der Waals surface area contributed by atoms with Crippen molar-refractivity contribution >= 4 is 29.1 Å². The van der Waals surface area contributed by atoms with Crippen molar-refractivity contribution in [2.75, 3.05) is 6.54 Å². The van der Waals surface area contributed by atoms with E-state index < -0.39 is 0 Å². The molecule has 1 aromatic heterocycles. The molecule has 3 aromatic carbocycles. The van der Waals surface area contributed by atoms with Gasteiger partial charge in [-0.3, -0.25) is 9.89 Å². The number of benzene rings is 3. The number of fused-ring (bicyclic) bond motifs is 1. The summed E-state index contributed by atoms with van der Waals surface area (Å²) in [5.74, 6) is -0.0586. The van der Waals surface area contributed by atoms with Crippen LogP contribution in [0.4, 0.5) is 0 Å². The van der Waals surface area contributed by atoms with Crippen LogP contribution in [0, 0.1) is 0 Å². The zero-order valence-corrected chi connectivity index (χ0v) is 18.1. The van der Waals surface area contributed by atoms with E-state index >= 15 is 0 Å². The minimum atomic E-state index is -0.296. The Morgan fingerprint density at radius 2 is 1.61 bits per heavy atom. The van der Waals surface area contributed by atoms with Crippen LogP contribution in [0.5, 0.6) is 0 Å². The molecule has 1 unspecified atom stereocenters. The minimum absolute atomic E-state index is 0.0586. The van der Waals surface area contributed by atoms with Crippen molar-refractivity contribution in [3.05, 3.63) is 111 Å². The molecule has 1 amide bonds. The van der Waals surface area contributed by atoms with Gasteiger partial charge in [-0.15, -0.1) is 0 Å². The molecule has 0 fully saturated rings. The largest absolute Gasteiger partial charge is 0.326 e. The third kappa shape index (κ3) is 3.62. The number of nitrogens with one attached hydrogen (secondary N) is 1. The standard InChI is InChI=1S/C25H19Cl2N3O/c26-19-12-11-18(15-20(19)27)24-21-22(17-9-5-2-6-10-17)28-29-23(21)25(31)30(24)14-13-16-7-3-1-4-8-16/h1-12,15,24H,13-14H2,(H,28,29). The molecule has 0 saturated heterocycles. The Labute approximate surface area is 190 Å². The van der Waals surface area contributed by atoms with Gasteiger partial charge in [-0.25, -0.2) is 0 Å². The SMILES string of the molecule is O=C1c2[nH]nc(-c3ccccc3)c2C(c2ccc(Cl)c(Cl)c2)N1CCc1ccccc1. The number of hydrogen-bond donors (Lipinski definition) is 1. The summed E-state index contributed by atoms with van der Waals surface area (Å²) in [6.45, 7) is 0.574. The molecule has 0 spiro atoms. The van der Waals surface area contributed by atoms with E-state index in [-0.39, 0.29) is 11.9 Å². The smallest absolute Gasteiger partial charge is 0.273 e. The third-order valence-corrected chi connectivity index (χ3v) is 6.39. The summed E-state index contributed by atoms with van der Waals surface area (Å²) in [6.07, 6.45) is 0.753. The molecule has 4 nitrogen and oxygen atoms in total. The Bertz CT molecular complexity index is 1240. The van der Waals surface area contributed by atoms with Crippen LogP contribution in [-0.4, -0.2) is 27.5 Å². The van der Waals surface area contributed by atoms with Crippen LogP contribution in [0.1, 0.15) is 33.2 Å². The van der Waals surface area contributed by atoms with Crippen LogP contribution < -0.4 is 0 Å². The first-order valence-electron chi connectivity index (χ1n) is 10.1. The first-order chi connectivity index (χ1) is 15.1. The third-order valence-electron chi connectivity index (χ3n) is 5.65. The fourth-order valence-corrected chi connectivity index (χ4v) is 4.47. The predicted molar refractivity (Wildman–Crippen MR) is 124 cm³/mol. The molecule has 154 valence electrons. The van der Waals surface area contributed by atoms with Crippen LogP contribution in [0.2, 0.25) is 10.0 Å². The van der Waals surface area contributed by atoms with Gasteiger partial charge in [0.1, 0.15) is 5.69 Å². The van der Waals surface area contributed by atoms with E-state index in [1.807, 2.05) is 65.6 Å². The highest BCUT2D eigenvalue weighted by molar-refractivity contribution is 6.42. The van der Waals surface area contributed by atoms with Crippen molar-refractivity contribution in [1.82, 2.24) is 15.1 Å².